The maximum atomic E-state index is 6.76. The number of pyridine rings is 1. The van der Waals surface area contributed by atoms with E-state index in [1.54, 1.807) is 4.90 Å². The molecule has 3 heterocycles. The van der Waals surface area contributed by atoms with Gasteiger partial charge in [0.15, 0.2) is 0 Å². The van der Waals surface area contributed by atoms with Crippen molar-refractivity contribution in [2.24, 2.45) is 5.41 Å². The molecule has 7 heteroatoms. The zero-order valence-electron chi connectivity index (χ0n) is 19.6. The number of benzene rings is 1. The third-order valence-corrected chi connectivity index (χ3v) is 10.5. The van der Waals surface area contributed by atoms with E-state index in [0.717, 1.165) is 29.9 Å². The van der Waals surface area contributed by atoms with Crippen molar-refractivity contribution < 1.29 is 9.42 Å². The summed E-state index contributed by atoms with van der Waals surface area (Å²) in [4.78, 5) is 6.08. The lowest BCUT2D eigenvalue weighted by atomic mass is 9.82. The van der Waals surface area contributed by atoms with Crippen molar-refractivity contribution in [3.05, 3.63) is 83.2 Å². The Bertz CT molecular complexity index is 1090. The lowest BCUT2D eigenvalue weighted by Crippen LogP contribution is -3.11. The molecule has 5 rings (SSSR count). The van der Waals surface area contributed by atoms with Gasteiger partial charge in [0, 0.05) is 24.7 Å². The molecule has 2 N–H and O–H groups in total. The first-order chi connectivity index (χ1) is 16.0. The van der Waals surface area contributed by atoms with Gasteiger partial charge < -0.3 is 9.42 Å². The molecule has 174 valence electrons. The minimum Gasteiger partial charge on any atom is -0.329 e. The Labute approximate surface area is 202 Å². The number of fused-ring (bicyclic) bond motifs is 1. The van der Waals surface area contributed by atoms with E-state index in [0.29, 0.717) is 6.61 Å². The summed E-state index contributed by atoms with van der Waals surface area (Å²) in [6.07, 6.45) is 7.37. The normalized spacial score (nSPS) is 24.9. The predicted molar refractivity (Wildman–Crippen MR) is 138 cm³/mol. The summed E-state index contributed by atoms with van der Waals surface area (Å²) < 4.78 is 8.92. The summed E-state index contributed by atoms with van der Waals surface area (Å²) >= 11 is 6.52. The molecule has 2 aromatic rings. The number of nitrogens with one attached hydrogen (secondary N) is 2. The zero-order valence-corrected chi connectivity index (χ0v) is 21.3. The van der Waals surface area contributed by atoms with Crippen molar-refractivity contribution in [1.82, 2.24) is 10.4 Å². The van der Waals surface area contributed by atoms with Gasteiger partial charge in [0.05, 0.1) is 31.1 Å². The molecule has 33 heavy (non-hydrogen) atoms. The van der Waals surface area contributed by atoms with Crippen molar-refractivity contribution >= 4 is 23.9 Å². The first-order valence-electron chi connectivity index (χ1n) is 12.1. The molecular formula is C26H34N4OPS+. The van der Waals surface area contributed by atoms with Gasteiger partial charge in [-0.2, -0.15) is 0 Å². The van der Waals surface area contributed by atoms with Gasteiger partial charge in [-0.3, -0.25) is 10.4 Å². The summed E-state index contributed by atoms with van der Waals surface area (Å²) in [6.45, 7) is 7.60. The molecule has 0 unspecified atom stereocenters. The highest BCUT2D eigenvalue weighted by atomic mass is 32.4. The number of likely N-dealkylation sites (tertiary alicyclic amines) is 1. The Morgan fingerprint density at radius 3 is 2.58 bits per heavy atom. The minimum absolute atomic E-state index is 0.0897. The fourth-order valence-electron chi connectivity index (χ4n) is 5.20. The van der Waals surface area contributed by atoms with E-state index < -0.39 is 6.42 Å². The van der Waals surface area contributed by atoms with E-state index in [1.807, 2.05) is 24.4 Å². The lowest BCUT2D eigenvalue weighted by molar-refractivity contribution is -0.868. The van der Waals surface area contributed by atoms with Crippen LogP contribution in [0.25, 0.3) is 0 Å². The maximum Gasteiger partial charge on any atom is 0.212 e. The third kappa shape index (κ3) is 4.67. The molecule has 2 fully saturated rings. The number of hydrazine groups is 1. The SMILES string of the molecule is CC1(C)C=C2NN(c3ccccc3)[P@](=S)(OCCc3ccccn3)C2=C([NH+]2CCCCC2)C1. The molecule has 1 aromatic carbocycles. The van der Waals surface area contributed by atoms with Gasteiger partial charge in [0.1, 0.15) is 11.0 Å². The molecule has 1 aliphatic carbocycles. The van der Waals surface area contributed by atoms with Crippen LogP contribution in [-0.4, -0.2) is 24.7 Å². The number of para-hydroxylation sites is 1. The molecule has 3 aliphatic rings. The molecule has 1 aromatic heterocycles. The second kappa shape index (κ2) is 9.34. The molecule has 0 spiro atoms. The fourth-order valence-corrected chi connectivity index (χ4v) is 8.91. The van der Waals surface area contributed by atoms with Crippen LogP contribution in [0.5, 0.6) is 0 Å². The lowest BCUT2D eigenvalue weighted by Gasteiger charge is -2.35. The van der Waals surface area contributed by atoms with Crippen LogP contribution in [-0.2, 0) is 22.8 Å². The molecule has 0 saturated carbocycles. The summed E-state index contributed by atoms with van der Waals surface area (Å²) in [6, 6.07) is 16.4. The van der Waals surface area contributed by atoms with Gasteiger partial charge >= 0.3 is 0 Å². The van der Waals surface area contributed by atoms with Crippen LogP contribution in [0.15, 0.2) is 77.5 Å². The van der Waals surface area contributed by atoms with Gasteiger partial charge in [-0.05, 0) is 60.7 Å². The molecule has 0 amide bonds. The quantitative estimate of drug-likeness (QED) is 0.592. The van der Waals surface area contributed by atoms with E-state index in [9.17, 15) is 0 Å². The number of hydrogen-bond acceptors (Lipinski definition) is 4. The van der Waals surface area contributed by atoms with E-state index in [4.69, 9.17) is 16.3 Å². The number of anilines is 1. The van der Waals surface area contributed by atoms with Crippen LogP contribution in [0.3, 0.4) is 0 Å². The highest BCUT2D eigenvalue weighted by molar-refractivity contribution is 8.15. The van der Waals surface area contributed by atoms with E-state index in [1.165, 1.54) is 43.4 Å². The van der Waals surface area contributed by atoms with Crippen molar-refractivity contribution in [2.75, 3.05) is 24.5 Å². The van der Waals surface area contributed by atoms with Crippen molar-refractivity contribution in [2.45, 2.75) is 46.0 Å². The van der Waals surface area contributed by atoms with Crippen molar-refractivity contribution in [1.29, 1.82) is 0 Å². The smallest absolute Gasteiger partial charge is 0.212 e. The minimum atomic E-state index is -2.53. The zero-order chi connectivity index (χ0) is 22.9. The second-order valence-electron chi connectivity index (χ2n) is 9.90. The number of quaternary nitrogens is 1. The number of nitrogens with zero attached hydrogens (tertiary/aromatic N) is 2. The van der Waals surface area contributed by atoms with Crippen LogP contribution in [0.4, 0.5) is 5.69 Å². The second-order valence-corrected chi connectivity index (χ2v) is 13.5. The van der Waals surface area contributed by atoms with Gasteiger partial charge in [0.2, 0.25) is 6.42 Å². The maximum absolute atomic E-state index is 6.76. The van der Waals surface area contributed by atoms with Gasteiger partial charge in [0.25, 0.3) is 0 Å². The standard InChI is InChI=1S/C26H33N4OPS/c1-26(2)19-23-25(24(20-26)29-16-9-4-10-17-29)32(33,30(28-23)22-12-5-3-6-13-22)31-18-14-21-11-7-8-15-27-21/h3,5-8,11-13,15,19,28H,4,9-10,14,16-18,20H2,1-2H3/p+1/t32-/m0/s1. The Hall–Kier alpha value is -1.98. The summed E-state index contributed by atoms with van der Waals surface area (Å²) in [7, 11) is 0. The van der Waals surface area contributed by atoms with Crippen LogP contribution < -0.4 is 15.1 Å². The molecule has 2 saturated heterocycles. The Morgan fingerprint density at radius 2 is 1.85 bits per heavy atom. The monoisotopic (exact) mass is 481 g/mol. The largest absolute Gasteiger partial charge is 0.329 e. The van der Waals surface area contributed by atoms with Gasteiger partial charge in [-0.15, -0.1) is 0 Å². The Kier molecular flexibility index (Phi) is 6.45. The number of hydrogen-bond donors (Lipinski definition) is 2. The van der Waals surface area contributed by atoms with Crippen LogP contribution in [0.2, 0.25) is 0 Å². The average Bonchev–Trinajstić information content (AvgIpc) is 3.11. The predicted octanol–water partition coefficient (Wildman–Crippen LogP) is 4.57. The van der Waals surface area contributed by atoms with Crippen molar-refractivity contribution in [3.8, 4) is 0 Å². The highest BCUT2D eigenvalue weighted by Crippen LogP contribution is 2.67. The molecule has 5 nitrogen and oxygen atoms in total. The Morgan fingerprint density at radius 1 is 1.09 bits per heavy atom. The van der Waals surface area contributed by atoms with E-state index in [2.05, 4.69) is 65.4 Å². The molecule has 0 bridgehead atoms. The van der Waals surface area contributed by atoms with Crippen LogP contribution in [0, 0.1) is 5.41 Å². The molecule has 2 aliphatic heterocycles. The van der Waals surface area contributed by atoms with E-state index >= 15 is 0 Å². The van der Waals surface area contributed by atoms with Gasteiger partial charge in [-0.1, -0.05) is 44.2 Å². The van der Waals surface area contributed by atoms with E-state index in [-0.39, 0.29) is 5.41 Å². The topological polar surface area (TPSA) is 41.8 Å². The summed E-state index contributed by atoms with van der Waals surface area (Å²) in [5, 5.41) is 1.26. The molecular weight excluding hydrogens is 447 g/mol. The number of aromatic nitrogens is 1. The first kappa shape index (κ1) is 22.8. The number of allylic oxidation sites excluding steroid dienone is 3. The third-order valence-electron chi connectivity index (χ3n) is 6.72. The van der Waals surface area contributed by atoms with Crippen LogP contribution >= 0.6 is 6.42 Å². The highest BCUT2D eigenvalue weighted by Gasteiger charge is 2.49. The molecule has 1 atom stereocenters. The summed E-state index contributed by atoms with van der Waals surface area (Å²) in [5.74, 6) is 0. The number of piperidine rings is 1. The summed E-state index contributed by atoms with van der Waals surface area (Å²) in [5.41, 5.74) is 8.52. The first-order valence-corrected chi connectivity index (χ1v) is 14.7. The average molecular weight is 482 g/mol. The Balaban J connectivity index is 1.55. The number of rotatable bonds is 6. The van der Waals surface area contributed by atoms with Crippen molar-refractivity contribution in [3.63, 3.8) is 0 Å². The van der Waals surface area contributed by atoms with Crippen LogP contribution in [0.1, 0.15) is 45.2 Å². The fraction of sp³-hybridized carbons (Fsp3) is 0.423. The molecule has 0 radical (unpaired) electrons. The van der Waals surface area contributed by atoms with Gasteiger partial charge in [-0.25, -0.2) is 4.78 Å².